The first-order valence-corrected chi connectivity index (χ1v) is 3.94. The molecule has 0 bridgehead atoms. The van der Waals surface area contributed by atoms with E-state index in [9.17, 15) is 4.79 Å². The maximum Gasteiger partial charge on any atom is 0.320 e. The summed E-state index contributed by atoms with van der Waals surface area (Å²) in [5, 5.41) is 11.8. The molecule has 11 heavy (non-hydrogen) atoms. The second-order valence-electron chi connectivity index (χ2n) is 3.89. The highest BCUT2D eigenvalue weighted by Crippen LogP contribution is 2.28. The van der Waals surface area contributed by atoms with Gasteiger partial charge in [-0.05, 0) is 26.2 Å². The molecule has 64 valence electrons. The minimum absolute atomic E-state index is 0.0247. The molecule has 0 aliphatic carbocycles. The standard InChI is InChI=1S/C8H15NO2/c1-5-4-6(7(10)11)9-8(5,2)3/h5-6,9H,4H2,1-3H3,(H,10,11). The quantitative estimate of drug-likeness (QED) is 0.593. The van der Waals surface area contributed by atoms with Crippen LogP contribution in [0.25, 0.3) is 0 Å². The van der Waals surface area contributed by atoms with E-state index >= 15 is 0 Å². The molecule has 3 nitrogen and oxygen atoms in total. The Morgan fingerprint density at radius 1 is 1.64 bits per heavy atom. The monoisotopic (exact) mass is 157 g/mol. The SMILES string of the molecule is CC1CC(C(=O)O)NC1(C)C. The van der Waals surface area contributed by atoms with Gasteiger partial charge in [0.2, 0.25) is 0 Å². The second-order valence-corrected chi connectivity index (χ2v) is 3.89. The molecule has 0 saturated carbocycles. The van der Waals surface area contributed by atoms with Gasteiger partial charge in [-0.3, -0.25) is 10.1 Å². The summed E-state index contributed by atoms with van der Waals surface area (Å²) in [4.78, 5) is 10.6. The minimum atomic E-state index is -0.734. The smallest absolute Gasteiger partial charge is 0.320 e. The molecule has 2 unspecified atom stereocenters. The lowest BCUT2D eigenvalue weighted by Crippen LogP contribution is -2.43. The third-order valence-electron chi connectivity index (χ3n) is 2.67. The predicted octanol–water partition coefficient (Wildman–Crippen LogP) is 0.848. The van der Waals surface area contributed by atoms with Crippen LogP contribution < -0.4 is 5.32 Å². The fourth-order valence-corrected chi connectivity index (χ4v) is 1.46. The average molecular weight is 157 g/mol. The summed E-state index contributed by atoms with van der Waals surface area (Å²) in [7, 11) is 0. The summed E-state index contributed by atoms with van der Waals surface area (Å²) < 4.78 is 0. The normalized spacial score (nSPS) is 35.5. The van der Waals surface area contributed by atoms with Crippen LogP contribution in [0, 0.1) is 5.92 Å². The Labute approximate surface area is 66.8 Å². The van der Waals surface area contributed by atoms with Gasteiger partial charge in [0.15, 0.2) is 0 Å². The summed E-state index contributed by atoms with van der Waals surface area (Å²) in [6.07, 6.45) is 0.738. The van der Waals surface area contributed by atoms with E-state index < -0.39 is 5.97 Å². The van der Waals surface area contributed by atoms with Crippen LogP contribution in [-0.2, 0) is 4.79 Å². The Hall–Kier alpha value is -0.570. The lowest BCUT2D eigenvalue weighted by Gasteiger charge is -2.23. The van der Waals surface area contributed by atoms with Crippen molar-refractivity contribution in [2.45, 2.75) is 38.8 Å². The number of hydrogen-bond acceptors (Lipinski definition) is 2. The molecule has 0 aromatic rings. The van der Waals surface area contributed by atoms with E-state index in [0.717, 1.165) is 6.42 Å². The molecule has 2 N–H and O–H groups in total. The van der Waals surface area contributed by atoms with Crippen molar-refractivity contribution in [1.29, 1.82) is 0 Å². The third-order valence-corrected chi connectivity index (χ3v) is 2.67. The van der Waals surface area contributed by atoms with Crippen molar-refractivity contribution in [3.05, 3.63) is 0 Å². The summed E-state index contributed by atoms with van der Waals surface area (Å²) in [5.74, 6) is -0.300. The van der Waals surface area contributed by atoms with Crippen LogP contribution in [0.15, 0.2) is 0 Å². The molecule has 1 heterocycles. The third kappa shape index (κ3) is 1.53. The Balaban J connectivity index is 2.64. The minimum Gasteiger partial charge on any atom is -0.480 e. The van der Waals surface area contributed by atoms with E-state index in [4.69, 9.17) is 5.11 Å². The number of hydrogen-bond donors (Lipinski definition) is 2. The van der Waals surface area contributed by atoms with Crippen LogP contribution in [-0.4, -0.2) is 22.7 Å². The Morgan fingerprint density at radius 2 is 2.18 bits per heavy atom. The molecule has 0 amide bonds. The maximum absolute atomic E-state index is 10.6. The van der Waals surface area contributed by atoms with Crippen molar-refractivity contribution < 1.29 is 9.90 Å². The van der Waals surface area contributed by atoms with E-state index in [0.29, 0.717) is 5.92 Å². The molecule has 1 rings (SSSR count). The van der Waals surface area contributed by atoms with Crippen LogP contribution in [0.2, 0.25) is 0 Å². The van der Waals surface area contributed by atoms with Gasteiger partial charge in [-0.1, -0.05) is 6.92 Å². The average Bonchev–Trinajstić information content (AvgIpc) is 2.08. The zero-order chi connectivity index (χ0) is 8.65. The number of carboxylic acids is 1. The lowest BCUT2D eigenvalue weighted by atomic mass is 9.91. The molecular weight excluding hydrogens is 142 g/mol. The largest absolute Gasteiger partial charge is 0.480 e. The van der Waals surface area contributed by atoms with E-state index in [1.165, 1.54) is 0 Å². The first kappa shape index (κ1) is 8.53. The second kappa shape index (κ2) is 2.48. The van der Waals surface area contributed by atoms with E-state index in [2.05, 4.69) is 12.2 Å². The van der Waals surface area contributed by atoms with E-state index in [-0.39, 0.29) is 11.6 Å². The number of carboxylic acid groups (broad SMARTS) is 1. The van der Waals surface area contributed by atoms with Crippen molar-refractivity contribution in [3.63, 3.8) is 0 Å². The van der Waals surface area contributed by atoms with Crippen molar-refractivity contribution in [3.8, 4) is 0 Å². The van der Waals surface area contributed by atoms with E-state index in [1.807, 2.05) is 13.8 Å². The van der Waals surface area contributed by atoms with Crippen LogP contribution in [0.1, 0.15) is 27.2 Å². The van der Waals surface area contributed by atoms with Gasteiger partial charge in [0.25, 0.3) is 0 Å². The zero-order valence-corrected chi connectivity index (χ0v) is 7.22. The topological polar surface area (TPSA) is 49.3 Å². The number of aliphatic carboxylic acids is 1. The highest BCUT2D eigenvalue weighted by Gasteiger charge is 2.39. The molecule has 3 heteroatoms. The van der Waals surface area contributed by atoms with Gasteiger partial charge in [0.1, 0.15) is 6.04 Å². The molecule has 0 spiro atoms. The van der Waals surface area contributed by atoms with Gasteiger partial charge in [0.05, 0.1) is 0 Å². The van der Waals surface area contributed by atoms with Crippen LogP contribution in [0.3, 0.4) is 0 Å². The molecule has 2 atom stereocenters. The number of nitrogens with one attached hydrogen (secondary N) is 1. The molecule has 1 saturated heterocycles. The molecule has 0 aromatic carbocycles. The Kier molecular flexibility index (Phi) is 1.92. The first-order chi connectivity index (χ1) is 4.93. The van der Waals surface area contributed by atoms with Crippen LogP contribution in [0.5, 0.6) is 0 Å². The number of carbonyl (C=O) groups is 1. The van der Waals surface area contributed by atoms with Crippen molar-refractivity contribution in [1.82, 2.24) is 5.32 Å². The van der Waals surface area contributed by atoms with E-state index in [1.54, 1.807) is 0 Å². The predicted molar refractivity (Wildman–Crippen MR) is 42.4 cm³/mol. The number of rotatable bonds is 1. The zero-order valence-electron chi connectivity index (χ0n) is 7.22. The molecule has 0 radical (unpaired) electrons. The lowest BCUT2D eigenvalue weighted by molar-refractivity contribution is -0.139. The first-order valence-electron chi connectivity index (χ1n) is 3.94. The van der Waals surface area contributed by atoms with Crippen molar-refractivity contribution >= 4 is 5.97 Å². The van der Waals surface area contributed by atoms with Crippen LogP contribution >= 0.6 is 0 Å². The van der Waals surface area contributed by atoms with Gasteiger partial charge < -0.3 is 5.11 Å². The fraction of sp³-hybridized carbons (Fsp3) is 0.875. The maximum atomic E-state index is 10.6. The summed E-state index contributed by atoms with van der Waals surface area (Å²) in [5.41, 5.74) is -0.0247. The summed E-state index contributed by atoms with van der Waals surface area (Å²) >= 11 is 0. The van der Waals surface area contributed by atoms with Gasteiger partial charge in [-0.2, -0.15) is 0 Å². The molecular formula is C8H15NO2. The van der Waals surface area contributed by atoms with Gasteiger partial charge >= 0.3 is 5.97 Å². The fourth-order valence-electron chi connectivity index (χ4n) is 1.46. The molecule has 0 aromatic heterocycles. The highest BCUT2D eigenvalue weighted by atomic mass is 16.4. The van der Waals surface area contributed by atoms with Gasteiger partial charge in [0, 0.05) is 5.54 Å². The van der Waals surface area contributed by atoms with Gasteiger partial charge in [-0.25, -0.2) is 0 Å². The van der Waals surface area contributed by atoms with Crippen LogP contribution in [0.4, 0.5) is 0 Å². The summed E-state index contributed by atoms with van der Waals surface area (Å²) in [6, 6.07) is -0.347. The highest BCUT2D eigenvalue weighted by molar-refractivity contribution is 5.74. The molecule has 1 aliphatic rings. The van der Waals surface area contributed by atoms with Crippen molar-refractivity contribution in [2.75, 3.05) is 0 Å². The molecule has 1 aliphatic heterocycles. The molecule has 1 fully saturated rings. The Morgan fingerprint density at radius 3 is 2.36 bits per heavy atom. The van der Waals surface area contributed by atoms with Crippen molar-refractivity contribution in [2.24, 2.45) is 5.92 Å². The summed E-state index contributed by atoms with van der Waals surface area (Å²) in [6.45, 7) is 6.16. The van der Waals surface area contributed by atoms with Gasteiger partial charge in [-0.15, -0.1) is 0 Å². The Bertz CT molecular complexity index is 177.